The lowest BCUT2D eigenvalue weighted by Gasteiger charge is -2.27. The van der Waals surface area contributed by atoms with Gasteiger partial charge >= 0.3 is 0 Å². The molecule has 1 saturated carbocycles. The molecule has 0 N–H and O–H groups in total. The third-order valence-electron chi connectivity index (χ3n) is 5.65. The molecule has 1 aromatic carbocycles. The van der Waals surface area contributed by atoms with Gasteiger partial charge < -0.3 is 14.2 Å². The Morgan fingerprint density at radius 2 is 2.03 bits per heavy atom. The Labute approximate surface area is 170 Å². The third kappa shape index (κ3) is 3.62. The second-order valence-electron chi connectivity index (χ2n) is 7.87. The van der Waals surface area contributed by atoms with Crippen LogP contribution in [-0.4, -0.2) is 52.0 Å². The van der Waals surface area contributed by atoms with E-state index in [4.69, 9.17) is 19.7 Å². The first-order valence-corrected chi connectivity index (χ1v) is 10.4. The van der Waals surface area contributed by atoms with Crippen LogP contribution in [0.2, 0.25) is 0 Å². The maximum atomic E-state index is 5.52. The monoisotopic (exact) mass is 390 g/mol. The van der Waals surface area contributed by atoms with Crippen molar-refractivity contribution in [2.45, 2.75) is 33.2 Å². The Hall–Kier alpha value is -2.80. The standard InChI is InChI=1S/C22H26N6O/c1-3-23-18-12-17(7-4-15(18)2)19-20-21(28(14-24-20)13-16-5-6-16)26-22(25-19)27-8-10-29-11-9-27/h3-4,7,12,14,16H,5-6,8-11,13H2,1-2H3. The number of hydrogen-bond donors (Lipinski definition) is 0. The highest BCUT2D eigenvalue weighted by Gasteiger charge is 2.25. The number of aromatic nitrogens is 4. The van der Waals surface area contributed by atoms with Crippen LogP contribution in [0.25, 0.3) is 22.4 Å². The second-order valence-corrected chi connectivity index (χ2v) is 7.87. The minimum Gasteiger partial charge on any atom is -0.378 e. The molecule has 0 bridgehead atoms. The number of morpholine rings is 1. The van der Waals surface area contributed by atoms with E-state index >= 15 is 0 Å². The average molecular weight is 390 g/mol. The van der Waals surface area contributed by atoms with Crippen LogP contribution < -0.4 is 4.90 Å². The highest BCUT2D eigenvalue weighted by atomic mass is 16.5. The van der Waals surface area contributed by atoms with Crippen molar-refractivity contribution in [1.82, 2.24) is 19.5 Å². The lowest BCUT2D eigenvalue weighted by atomic mass is 10.1. The van der Waals surface area contributed by atoms with E-state index in [1.54, 1.807) is 0 Å². The highest BCUT2D eigenvalue weighted by molar-refractivity contribution is 5.89. The summed E-state index contributed by atoms with van der Waals surface area (Å²) in [4.78, 5) is 21.3. The molecule has 1 aliphatic carbocycles. The predicted molar refractivity (Wildman–Crippen MR) is 115 cm³/mol. The largest absolute Gasteiger partial charge is 0.378 e. The van der Waals surface area contributed by atoms with E-state index in [1.165, 1.54) is 12.8 Å². The van der Waals surface area contributed by atoms with Crippen molar-refractivity contribution in [2.24, 2.45) is 10.9 Å². The van der Waals surface area contributed by atoms with Gasteiger partial charge in [-0.25, -0.2) is 9.97 Å². The van der Waals surface area contributed by atoms with Gasteiger partial charge in [0.25, 0.3) is 0 Å². The molecule has 0 atom stereocenters. The Morgan fingerprint density at radius 3 is 2.79 bits per heavy atom. The van der Waals surface area contributed by atoms with Gasteiger partial charge in [0.2, 0.25) is 5.95 Å². The van der Waals surface area contributed by atoms with Crippen molar-refractivity contribution in [3.8, 4) is 11.3 Å². The molecule has 1 saturated heterocycles. The SMILES string of the molecule is CC=Nc1cc(-c2nc(N3CCOCC3)nc3c2ncn3CC2CC2)ccc1C. The zero-order valence-corrected chi connectivity index (χ0v) is 17.0. The molecule has 0 spiro atoms. The third-order valence-corrected chi connectivity index (χ3v) is 5.65. The number of hydrogen-bond acceptors (Lipinski definition) is 6. The van der Waals surface area contributed by atoms with Gasteiger partial charge in [-0.2, -0.15) is 4.98 Å². The zero-order chi connectivity index (χ0) is 19.8. The molecule has 1 aliphatic heterocycles. The van der Waals surface area contributed by atoms with Crippen LogP contribution in [0.5, 0.6) is 0 Å². The molecule has 7 nitrogen and oxygen atoms in total. The lowest BCUT2D eigenvalue weighted by Crippen LogP contribution is -2.37. The summed E-state index contributed by atoms with van der Waals surface area (Å²) in [6.45, 7) is 8.02. The zero-order valence-electron chi connectivity index (χ0n) is 17.0. The number of nitrogens with zero attached hydrogens (tertiary/aromatic N) is 6. The topological polar surface area (TPSA) is 68.4 Å². The summed E-state index contributed by atoms with van der Waals surface area (Å²) in [7, 11) is 0. The second kappa shape index (κ2) is 7.55. The fraction of sp³-hybridized carbons (Fsp3) is 0.455. The molecule has 3 aromatic rings. The van der Waals surface area contributed by atoms with Gasteiger partial charge in [0.05, 0.1) is 25.2 Å². The molecular weight excluding hydrogens is 364 g/mol. The summed E-state index contributed by atoms with van der Waals surface area (Å²) in [5, 5.41) is 0. The Kier molecular flexibility index (Phi) is 4.75. The summed E-state index contributed by atoms with van der Waals surface area (Å²) in [6.07, 6.45) is 6.34. The minimum atomic E-state index is 0.706. The number of imidazole rings is 1. The number of aryl methyl sites for hydroxylation is 1. The van der Waals surface area contributed by atoms with Gasteiger partial charge in [-0.05, 0) is 44.2 Å². The van der Waals surface area contributed by atoms with Crippen molar-refractivity contribution < 1.29 is 4.74 Å². The van der Waals surface area contributed by atoms with Crippen LogP contribution in [0.1, 0.15) is 25.3 Å². The number of fused-ring (bicyclic) bond motifs is 1. The molecular formula is C22H26N6O. The van der Waals surface area contributed by atoms with Gasteiger partial charge in [0.15, 0.2) is 5.65 Å². The predicted octanol–water partition coefficient (Wildman–Crippen LogP) is 3.77. The molecule has 2 aliphatic rings. The Balaban J connectivity index is 1.66. The number of ether oxygens (including phenoxy) is 1. The molecule has 7 heteroatoms. The van der Waals surface area contributed by atoms with Gasteiger partial charge in [-0.15, -0.1) is 0 Å². The van der Waals surface area contributed by atoms with E-state index in [9.17, 15) is 0 Å². The number of anilines is 1. The fourth-order valence-corrected chi connectivity index (χ4v) is 3.79. The van der Waals surface area contributed by atoms with Crippen LogP contribution in [0.4, 0.5) is 11.6 Å². The first-order chi connectivity index (χ1) is 14.2. The molecule has 2 aromatic heterocycles. The molecule has 3 heterocycles. The first-order valence-electron chi connectivity index (χ1n) is 10.4. The van der Waals surface area contributed by atoms with Crippen molar-refractivity contribution in [2.75, 3.05) is 31.2 Å². The van der Waals surface area contributed by atoms with Crippen molar-refractivity contribution >= 4 is 29.0 Å². The highest BCUT2D eigenvalue weighted by Crippen LogP contribution is 2.34. The molecule has 150 valence electrons. The van der Waals surface area contributed by atoms with Crippen molar-refractivity contribution in [1.29, 1.82) is 0 Å². The van der Waals surface area contributed by atoms with Gasteiger partial charge in [0.1, 0.15) is 11.2 Å². The number of benzene rings is 1. The number of rotatable bonds is 5. The molecule has 29 heavy (non-hydrogen) atoms. The van der Waals surface area contributed by atoms with E-state index in [0.29, 0.717) is 13.2 Å². The number of aliphatic imine (C=N–C) groups is 1. The van der Waals surface area contributed by atoms with Crippen LogP contribution >= 0.6 is 0 Å². The van der Waals surface area contributed by atoms with E-state index in [0.717, 1.165) is 65.2 Å². The molecule has 5 rings (SSSR count). The molecule has 2 fully saturated rings. The summed E-state index contributed by atoms with van der Waals surface area (Å²) < 4.78 is 7.71. The Bertz CT molecular complexity index is 1060. The van der Waals surface area contributed by atoms with E-state index in [2.05, 4.69) is 39.6 Å². The maximum absolute atomic E-state index is 5.52. The fourth-order valence-electron chi connectivity index (χ4n) is 3.79. The smallest absolute Gasteiger partial charge is 0.228 e. The summed E-state index contributed by atoms with van der Waals surface area (Å²) >= 11 is 0. The lowest BCUT2D eigenvalue weighted by molar-refractivity contribution is 0.122. The van der Waals surface area contributed by atoms with Crippen LogP contribution in [0, 0.1) is 12.8 Å². The van der Waals surface area contributed by atoms with E-state index in [-0.39, 0.29) is 0 Å². The molecule has 0 unspecified atom stereocenters. The van der Waals surface area contributed by atoms with Gasteiger partial charge in [-0.3, -0.25) is 4.99 Å². The first kappa shape index (κ1) is 18.2. The summed E-state index contributed by atoms with van der Waals surface area (Å²) in [6, 6.07) is 6.30. The van der Waals surface area contributed by atoms with E-state index < -0.39 is 0 Å². The van der Waals surface area contributed by atoms with Crippen LogP contribution in [0.15, 0.2) is 29.5 Å². The average Bonchev–Trinajstić information content (AvgIpc) is 3.48. The van der Waals surface area contributed by atoms with Crippen molar-refractivity contribution in [3.05, 3.63) is 30.1 Å². The van der Waals surface area contributed by atoms with Crippen LogP contribution in [-0.2, 0) is 11.3 Å². The summed E-state index contributed by atoms with van der Waals surface area (Å²) in [5.74, 6) is 1.51. The van der Waals surface area contributed by atoms with Gasteiger partial charge in [-0.1, -0.05) is 12.1 Å². The molecule has 0 amide bonds. The van der Waals surface area contributed by atoms with Gasteiger partial charge in [0, 0.05) is 31.4 Å². The molecule has 0 radical (unpaired) electrons. The van der Waals surface area contributed by atoms with Crippen molar-refractivity contribution in [3.63, 3.8) is 0 Å². The maximum Gasteiger partial charge on any atom is 0.228 e. The normalized spacial score (nSPS) is 17.5. The summed E-state index contributed by atoms with van der Waals surface area (Å²) in [5.41, 5.74) is 5.78. The minimum absolute atomic E-state index is 0.706. The van der Waals surface area contributed by atoms with Crippen LogP contribution in [0.3, 0.4) is 0 Å². The quantitative estimate of drug-likeness (QED) is 0.620. The van der Waals surface area contributed by atoms with E-state index in [1.807, 2.05) is 19.5 Å². The Morgan fingerprint density at radius 1 is 1.21 bits per heavy atom.